The average Bonchev–Trinajstić information content (AvgIpc) is 2.56. The van der Waals surface area contributed by atoms with E-state index in [1.807, 2.05) is 12.1 Å². The van der Waals surface area contributed by atoms with Crippen LogP contribution in [0.5, 0.6) is 0 Å². The minimum Gasteiger partial charge on any atom is -0.481 e. The topological polar surface area (TPSA) is 75.1 Å². The van der Waals surface area contributed by atoms with Gasteiger partial charge in [-0.1, -0.05) is 19.1 Å². The second-order valence-electron chi connectivity index (χ2n) is 4.26. The van der Waals surface area contributed by atoms with Gasteiger partial charge in [-0.15, -0.1) is 0 Å². The number of carboxylic acid groups (broad SMARTS) is 1. The summed E-state index contributed by atoms with van der Waals surface area (Å²) in [4.78, 5) is 22.7. The van der Waals surface area contributed by atoms with Gasteiger partial charge < -0.3 is 5.11 Å². The van der Waals surface area contributed by atoms with Gasteiger partial charge in [0, 0.05) is 7.05 Å². The Hall–Kier alpha value is -2.04. The van der Waals surface area contributed by atoms with E-state index in [1.165, 1.54) is 4.68 Å². The van der Waals surface area contributed by atoms with Gasteiger partial charge >= 0.3 is 5.97 Å². The lowest BCUT2D eigenvalue weighted by Crippen LogP contribution is -2.15. The largest absolute Gasteiger partial charge is 0.481 e. The van der Waals surface area contributed by atoms with Crippen molar-refractivity contribution in [3.63, 3.8) is 0 Å². The number of benzene rings is 1. The minimum atomic E-state index is -0.852. The number of fused-ring (bicyclic) bond motifs is 1. The van der Waals surface area contributed by atoms with Crippen LogP contribution in [0.1, 0.15) is 12.5 Å². The van der Waals surface area contributed by atoms with E-state index in [4.69, 9.17) is 5.11 Å². The molecule has 1 aromatic carbocycles. The SMILES string of the molecule is CC(Cc1cccc2[nH]n(C)c(=O)c12)C(=O)O. The van der Waals surface area contributed by atoms with Gasteiger partial charge in [0.25, 0.3) is 5.56 Å². The van der Waals surface area contributed by atoms with E-state index >= 15 is 0 Å². The van der Waals surface area contributed by atoms with Crippen molar-refractivity contribution in [3.05, 3.63) is 34.1 Å². The number of carbonyl (C=O) groups is 1. The number of aryl methyl sites for hydroxylation is 1. The van der Waals surface area contributed by atoms with Crippen LogP contribution in [0, 0.1) is 5.92 Å². The highest BCUT2D eigenvalue weighted by Crippen LogP contribution is 2.17. The fourth-order valence-electron chi connectivity index (χ4n) is 1.93. The number of aliphatic carboxylic acids is 1. The number of nitrogens with zero attached hydrogens (tertiary/aromatic N) is 1. The molecule has 0 aliphatic heterocycles. The van der Waals surface area contributed by atoms with E-state index in [0.717, 1.165) is 11.1 Å². The summed E-state index contributed by atoms with van der Waals surface area (Å²) in [6.07, 6.45) is 0.361. The molecule has 1 heterocycles. The third-order valence-corrected chi connectivity index (χ3v) is 2.91. The van der Waals surface area contributed by atoms with Crippen molar-refractivity contribution in [2.75, 3.05) is 0 Å². The van der Waals surface area contributed by atoms with Crippen molar-refractivity contribution < 1.29 is 9.90 Å². The molecule has 0 fully saturated rings. The number of H-pyrrole nitrogens is 1. The second-order valence-corrected chi connectivity index (χ2v) is 4.26. The summed E-state index contributed by atoms with van der Waals surface area (Å²) in [6, 6.07) is 5.44. The quantitative estimate of drug-likeness (QED) is 0.835. The van der Waals surface area contributed by atoms with E-state index in [9.17, 15) is 9.59 Å². The lowest BCUT2D eigenvalue weighted by Gasteiger charge is -2.06. The molecule has 0 aliphatic rings. The number of nitrogens with one attached hydrogen (secondary N) is 1. The first-order chi connectivity index (χ1) is 8.00. The van der Waals surface area contributed by atoms with Crippen LogP contribution in [0.2, 0.25) is 0 Å². The summed E-state index contributed by atoms with van der Waals surface area (Å²) in [6.45, 7) is 1.64. The molecule has 17 heavy (non-hydrogen) atoms. The Morgan fingerprint density at radius 1 is 1.53 bits per heavy atom. The lowest BCUT2D eigenvalue weighted by atomic mass is 9.98. The Morgan fingerprint density at radius 2 is 2.24 bits per heavy atom. The molecular formula is C12H14N2O3. The van der Waals surface area contributed by atoms with Crippen molar-refractivity contribution in [2.45, 2.75) is 13.3 Å². The lowest BCUT2D eigenvalue weighted by molar-refractivity contribution is -0.141. The zero-order valence-electron chi connectivity index (χ0n) is 9.73. The van der Waals surface area contributed by atoms with Crippen molar-refractivity contribution in [1.82, 2.24) is 9.78 Å². The van der Waals surface area contributed by atoms with Gasteiger partial charge in [0.15, 0.2) is 0 Å². The molecule has 90 valence electrons. The molecule has 5 nitrogen and oxygen atoms in total. The first-order valence-corrected chi connectivity index (χ1v) is 5.40. The van der Waals surface area contributed by atoms with Gasteiger partial charge in [-0.3, -0.25) is 19.4 Å². The molecule has 0 amide bonds. The maximum atomic E-state index is 11.9. The monoisotopic (exact) mass is 234 g/mol. The summed E-state index contributed by atoms with van der Waals surface area (Å²) >= 11 is 0. The molecule has 2 N–H and O–H groups in total. The van der Waals surface area contributed by atoms with Crippen molar-refractivity contribution in [2.24, 2.45) is 13.0 Å². The summed E-state index contributed by atoms with van der Waals surface area (Å²) < 4.78 is 1.40. The van der Waals surface area contributed by atoms with E-state index in [0.29, 0.717) is 11.8 Å². The Labute approximate surface area is 97.7 Å². The highest BCUT2D eigenvalue weighted by Gasteiger charge is 2.15. The average molecular weight is 234 g/mol. The van der Waals surface area contributed by atoms with E-state index in [2.05, 4.69) is 5.10 Å². The number of hydrogen-bond acceptors (Lipinski definition) is 2. The zero-order chi connectivity index (χ0) is 12.6. The van der Waals surface area contributed by atoms with E-state index < -0.39 is 11.9 Å². The van der Waals surface area contributed by atoms with Crippen LogP contribution < -0.4 is 5.56 Å². The molecule has 0 saturated heterocycles. The molecule has 2 aromatic rings. The van der Waals surface area contributed by atoms with E-state index in [1.54, 1.807) is 20.0 Å². The molecule has 1 unspecified atom stereocenters. The molecule has 5 heteroatoms. The van der Waals surface area contributed by atoms with Crippen LogP contribution in [0.25, 0.3) is 10.9 Å². The van der Waals surface area contributed by atoms with Crippen LogP contribution in [0.3, 0.4) is 0 Å². The van der Waals surface area contributed by atoms with Gasteiger partial charge in [-0.05, 0) is 18.1 Å². The van der Waals surface area contributed by atoms with Crippen LogP contribution in [-0.2, 0) is 18.3 Å². The maximum Gasteiger partial charge on any atom is 0.306 e. The van der Waals surface area contributed by atoms with Crippen molar-refractivity contribution in [1.29, 1.82) is 0 Å². The van der Waals surface area contributed by atoms with Gasteiger partial charge in [0.05, 0.1) is 16.8 Å². The predicted octanol–water partition coefficient (Wildman–Crippen LogP) is 1.13. The standard InChI is InChI=1S/C12H14N2O3/c1-7(12(16)17)6-8-4-3-5-9-10(8)11(15)14(2)13-9/h3-5,7,13H,6H2,1-2H3,(H,16,17). The Bertz CT molecular complexity index is 624. The van der Waals surface area contributed by atoms with Gasteiger partial charge in [-0.25, -0.2) is 0 Å². The number of aromatic nitrogens is 2. The summed E-state index contributed by atoms with van der Waals surface area (Å²) in [5, 5.41) is 12.4. The Morgan fingerprint density at radius 3 is 2.88 bits per heavy atom. The Kier molecular flexibility index (Phi) is 2.75. The molecule has 0 spiro atoms. The van der Waals surface area contributed by atoms with Crippen molar-refractivity contribution >= 4 is 16.9 Å². The number of aromatic amines is 1. The highest BCUT2D eigenvalue weighted by molar-refractivity contribution is 5.82. The van der Waals surface area contributed by atoms with Crippen LogP contribution in [-0.4, -0.2) is 20.9 Å². The van der Waals surface area contributed by atoms with Gasteiger partial charge in [0.1, 0.15) is 0 Å². The first kappa shape index (κ1) is 11.4. The smallest absolute Gasteiger partial charge is 0.306 e. The normalized spacial score (nSPS) is 12.8. The molecule has 1 aromatic heterocycles. The fourth-order valence-corrected chi connectivity index (χ4v) is 1.93. The van der Waals surface area contributed by atoms with Gasteiger partial charge in [-0.2, -0.15) is 0 Å². The summed E-state index contributed by atoms with van der Waals surface area (Å²) in [5.74, 6) is -1.35. The zero-order valence-corrected chi connectivity index (χ0v) is 9.73. The Balaban J connectivity index is 2.54. The molecular weight excluding hydrogens is 220 g/mol. The van der Waals surface area contributed by atoms with Gasteiger partial charge in [0.2, 0.25) is 0 Å². The van der Waals surface area contributed by atoms with E-state index in [-0.39, 0.29) is 5.56 Å². The third kappa shape index (κ3) is 1.95. The van der Waals surface area contributed by atoms with Crippen LogP contribution >= 0.6 is 0 Å². The minimum absolute atomic E-state index is 0.117. The van der Waals surface area contributed by atoms with Crippen molar-refractivity contribution in [3.8, 4) is 0 Å². The molecule has 0 bridgehead atoms. The molecule has 0 saturated carbocycles. The highest BCUT2D eigenvalue weighted by atomic mass is 16.4. The van der Waals surface area contributed by atoms with Crippen LogP contribution in [0.15, 0.2) is 23.0 Å². The first-order valence-electron chi connectivity index (χ1n) is 5.40. The number of hydrogen-bond donors (Lipinski definition) is 2. The predicted molar refractivity (Wildman–Crippen MR) is 64.0 cm³/mol. The summed E-state index contributed by atoms with van der Waals surface area (Å²) in [5.41, 5.74) is 1.40. The summed E-state index contributed by atoms with van der Waals surface area (Å²) in [7, 11) is 1.65. The maximum absolute atomic E-state index is 11.9. The fraction of sp³-hybridized carbons (Fsp3) is 0.333. The second kappa shape index (κ2) is 4.08. The number of carboxylic acids is 1. The number of rotatable bonds is 3. The molecule has 2 rings (SSSR count). The molecule has 1 atom stereocenters. The third-order valence-electron chi connectivity index (χ3n) is 2.91. The molecule has 0 radical (unpaired) electrons. The van der Waals surface area contributed by atoms with Crippen LogP contribution in [0.4, 0.5) is 0 Å². The molecule has 0 aliphatic carbocycles.